The van der Waals surface area contributed by atoms with Gasteiger partial charge in [0.15, 0.2) is 17.3 Å². The van der Waals surface area contributed by atoms with Crippen LogP contribution in [0.4, 0.5) is 11.8 Å². The summed E-state index contributed by atoms with van der Waals surface area (Å²) >= 11 is 9.59. The molecule has 0 radical (unpaired) electrons. The summed E-state index contributed by atoms with van der Waals surface area (Å²) in [6, 6.07) is 1.81. The molecule has 8 nitrogen and oxygen atoms in total. The second kappa shape index (κ2) is 7.16. The molecule has 10 heteroatoms. The molecule has 2 heterocycles. The number of rotatable bonds is 5. The Morgan fingerprint density at radius 3 is 2.54 bits per heavy atom. The number of halogens is 2. The van der Waals surface area contributed by atoms with Gasteiger partial charge in [-0.05, 0) is 27.6 Å². The summed E-state index contributed by atoms with van der Waals surface area (Å²) in [4.78, 5) is 22.1. The quantitative estimate of drug-likeness (QED) is 0.704. The maximum atomic E-state index is 12.3. The highest BCUT2D eigenvalue weighted by Crippen LogP contribution is 2.45. The number of hydrogen-bond acceptors (Lipinski definition) is 8. The fourth-order valence-electron chi connectivity index (χ4n) is 2.86. The van der Waals surface area contributed by atoms with Gasteiger partial charge in [-0.2, -0.15) is 4.98 Å². The number of nitrogens with two attached hydrogens (primary N) is 1. The van der Waals surface area contributed by atoms with E-state index < -0.39 is 0 Å². The van der Waals surface area contributed by atoms with Crippen LogP contribution < -0.4 is 24.8 Å². The highest BCUT2D eigenvalue weighted by atomic mass is 79.9. The van der Waals surface area contributed by atoms with Crippen LogP contribution in [0, 0.1) is 0 Å². The first kappa shape index (κ1) is 18.5. The van der Waals surface area contributed by atoms with Crippen LogP contribution in [-0.4, -0.2) is 43.6 Å². The van der Waals surface area contributed by atoms with E-state index in [0.717, 1.165) is 5.56 Å². The van der Waals surface area contributed by atoms with Crippen LogP contribution >= 0.6 is 27.5 Å². The average Bonchev–Trinajstić information content (AvgIpc) is 2.91. The molecular formula is C16H16BrClN4O4. The monoisotopic (exact) mass is 442 g/mol. The molecule has 1 aromatic carbocycles. The summed E-state index contributed by atoms with van der Waals surface area (Å²) < 4.78 is 16.9. The molecule has 2 aromatic rings. The van der Waals surface area contributed by atoms with Crippen LogP contribution in [0.2, 0.25) is 5.15 Å². The highest BCUT2D eigenvalue weighted by molar-refractivity contribution is 9.10. The maximum Gasteiger partial charge on any atom is 0.223 e. The van der Waals surface area contributed by atoms with Gasteiger partial charge in [0.1, 0.15) is 11.0 Å². The van der Waals surface area contributed by atoms with Crippen molar-refractivity contribution in [2.75, 3.05) is 38.5 Å². The average molecular weight is 444 g/mol. The maximum absolute atomic E-state index is 12.3. The molecule has 0 atom stereocenters. The largest absolute Gasteiger partial charge is 0.493 e. The number of fused-ring (bicyclic) bond motifs is 1. The van der Waals surface area contributed by atoms with Crippen LogP contribution in [0.3, 0.4) is 0 Å². The normalized spacial score (nSPS) is 13.0. The van der Waals surface area contributed by atoms with Gasteiger partial charge in [-0.15, -0.1) is 0 Å². The van der Waals surface area contributed by atoms with Crippen molar-refractivity contribution in [2.45, 2.75) is 6.54 Å². The number of hydrogen-bond donors (Lipinski definition) is 1. The molecule has 3 rings (SSSR count). The fraction of sp³-hybridized carbons (Fsp3) is 0.312. The molecule has 0 aliphatic carbocycles. The minimum atomic E-state index is -0.159. The molecule has 1 aliphatic rings. The molecule has 1 aliphatic heterocycles. The Labute approximate surface area is 163 Å². The molecule has 0 bridgehead atoms. The molecule has 1 aromatic heterocycles. The Morgan fingerprint density at radius 2 is 1.92 bits per heavy atom. The van der Waals surface area contributed by atoms with Crippen molar-refractivity contribution >= 4 is 45.1 Å². The Balaban J connectivity index is 2.05. The van der Waals surface area contributed by atoms with Gasteiger partial charge in [0.05, 0.1) is 37.9 Å². The Morgan fingerprint density at radius 1 is 1.23 bits per heavy atom. The van der Waals surface area contributed by atoms with Crippen molar-refractivity contribution in [3.63, 3.8) is 0 Å². The third-order valence-electron chi connectivity index (χ3n) is 3.98. The lowest BCUT2D eigenvalue weighted by atomic mass is 10.1. The van der Waals surface area contributed by atoms with E-state index in [9.17, 15) is 4.79 Å². The molecule has 0 saturated carbocycles. The first-order valence-electron chi connectivity index (χ1n) is 7.49. The van der Waals surface area contributed by atoms with E-state index in [1.54, 1.807) is 11.0 Å². The van der Waals surface area contributed by atoms with E-state index in [2.05, 4.69) is 25.9 Å². The Bertz CT molecular complexity index is 893. The van der Waals surface area contributed by atoms with E-state index in [-0.39, 0.29) is 29.0 Å². The first-order valence-corrected chi connectivity index (χ1v) is 8.66. The van der Waals surface area contributed by atoms with E-state index in [1.165, 1.54) is 21.3 Å². The minimum absolute atomic E-state index is 0.0115. The Hall–Kier alpha value is -2.26. The summed E-state index contributed by atoms with van der Waals surface area (Å²) in [6.45, 7) is 0.471. The zero-order valence-corrected chi connectivity index (χ0v) is 16.6. The number of Topliss-reactive ketones (excluding diaryl/α,β-unsaturated/α-hetero) is 1. The lowest BCUT2D eigenvalue weighted by Gasteiger charge is -2.21. The number of methoxy groups -OCH3 is 3. The van der Waals surface area contributed by atoms with Crippen molar-refractivity contribution < 1.29 is 19.0 Å². The van der Waals surface area contributed by atoms with E-state index in [4.69, 9.17) is 31.5 Å². The van der Waals surface area contributed by atoms with Crippen LogP contribution in [0.5, 0.6) is 17.2 Å². The van der Waals surface area contributed by atoms with Crippen LogP contribution in [0.1, 0.15) is 15.9 Å². The standard InChI is InChI=1S/C16H16BrClN4O4/c1-24-9-4-7(11(17)13(26-3)12(9)25-2)5-22-6-8(23)10-14(18)20-16(19)21-15(10)22/h4H,5-6H2,1-3H3,(H2,19,20,21). The number of aromatic nitrogens is 2. The lowest BCUT2D eigenvalue weighted by molar-refractivity contribution is 0.101. The molecule has 0 fully saturated rings. The summed E-state index contributed by atoms with van der Waals surface area (Å²) in [7, 11) is 4.61. The molecular weight excluding hydrogens is 428 g/mol. The lowest BCUT2D eigenvalue weighted by Crippen LogP contribution is -2.23. The van der Waals surface area contributed by atoms with Crippen LogP contribution in [0.25, 0.3) is 0 Å². The second-order valence-electron chi connectivity index (χ2n) is 5.47. The van der Waals surface area contributed by atoms with Crippen molar-refractivity contribution in [1.29, 1.82) is 0 Å². The van der Waals surface area contributed by atoms with Gasteiger partial charge < -0.3 is 24.8 Å². The van der Waals surface area contributed by atoms with Gasteiger partial charge >= 0.3 is 0 Å². The van der Waals surface area contributed by atoms with Gasteiger partial charge in [-0.25, -0.2) is 4.98 Å². The molecule has 0 saturated heterocycles. The summed E-state index contributed by atoms with van der Waals surface area (Å²) in [6.07, 6.45) is 0. The third-order valence-corrected chi connectivity index (χ3v) is 5.12. The predicted molar refractivity (Wildman–Crippen MR) is 101 cm³/mol. The predicted octanol–water partition coefficient (Wildman–Crippen LogP) is 2.70. The summed E-state index contributed by atoms with van der Waals surface area (Å²) in [5.41, 5.74) is 6.78. The number of ketones is 1. The smallest absolute Gasteiger partial charge is 0.223 e. The van der Waals surface area contributed by atoms with Crippen molar-refractivity contribution in [3.05, 3.63) is 26.8 Å². The zero-order chi connectivity index (χ0) is 19.0. The van der Waals surface area contributed by atoms with Gasteiger partial charge in [0.2, 0.25) is 11.7 Å². The molecule has 0 amide bonds. The molecule has 26 heavy (non-hydrogen) atoms. The molecule has 138 valence electrons. The van der Waals surface area contributed by atoms with Crippen LogP contribution in [-0.2, 0) is 6.54 Å². The second-order valence-corrected chi connectivity index (χ2v) is 6.62. The topological polar surface area (TPSA) is 99.8 Å². The van der Waals surface area contributed by atoms with Gasteiger partial charge in [-0.3, -0.25) is 4.79 Å². The SMILES string of the molecule is COc1cc(CN2CC(=O)c3c(Cl)nc(N)nc32)c(Br)c(OC)c1OC. The number of anilines is 2. The summed E-state index contributed by atoms with van der Waals surface area (Å²) in [5.74, 6) is 1.73. The number of ether oxygens (including phenoxy) is 3. The number of carbonyl (C=O) groups excluding carboxylic acids is 1. The van der Waals surface area contributed by atoms with Crippen molar-refractivity contribution in [3.8, 4) is 17.2 Å². The van der Waals surface area contributed by atoms with Crippen molar-refractivity contribution in [1.82, 2.24) is 9.97 Å². The van der Waals surface area contributed by atoms with Crippen LogP contribution in [0.15, 0.2) is 10.5 Å². The molecule has 0 spiro atoms. The summed E-state index contributed by atoms with van der Waals surface area (Å²) in [5, 5.41) is 0.0592. The van der Waals surface area contributed by atoms with Gasteiger partial charge in [0, 0.05) is 6.54 Å². The van der Waals surface area contributed by atoms with Gasteiger partial charge in [0.25, 0.3) is 0 Å². The third kappa shape index (κ3) is 3.01. The van der Waals surface area contributed by atoms with Crippen molar-refractivity contribution in [2.24, 2.45) is 0 Å². The fourth-order valence-corrected chi connectivity index (χ4v) is 3.72. The number of nitrogens with zero attached hydrogens (tertiary/aromatic N) is 3. The number of benzene rings is 1. The molecule has 2 N–H and O–H groups in total. The minimum Gasteiger partial charge on any atom is -0.493 e. The first-order chi connectivity index (χ1) is 12.4. The van der Waals surface area contributed by atoms with Gasteiger partial charge in [-0.1, -0.05) is 11.6 Å². The Kier molecular flexibility index (Phi) is 5.10. The number of nitrogen functional groups attached to an aromatic ring is 1. The van der Waals surface area contributed by atoms with E-state index in [1.807, 2.05) is 0 Å². The zero-order valence-electron chi connectivity index (χ0n) is 14.3. The highest BCUT2D eigenvalue weighted by Gasteiger charge is 2.33. The van der Waals surface area contributed by atoms with E-state index >= 15 is 0 Å². The van der Waals surface area contributed by atoms with E-state index in [0.29, 0.717) is 34.1 Å². The molecule has 0 unspecified atom stereocenters. The number of carbonyl (C=O) groups is 1.